The van der Waals surface area contributed by atoms with Gasteiger partial charge >= 0.3 is 0 Å². The van der Waals surface area contributed by atoms with Crippen molar-refractivity contribution < 1.29 is 14.3 Å². The lowest BCUT2D eigenvalue weighted by Gasteiger charge is -2.32. The molecule has 2 aromatic rings. The highest BCUT2D eigenvalue weighted by molar-refractivity contribution is 5.95. The van der Waals surface area contributed by atoms with Crippen LogP contribution in [0.5, 0.6) is 5.75 Å². The fraction of sp³-hybridized carbons (Fsp3) is 0.400. The van der Waals surface area contributed by atoms with Crippen molar-refractivity contribution in [1.29, 1.82) is 0 Å². The Bertz CT molecular complexity index is 682. The molecule has 0 N–H and O–H groups in total. The number of piperidine rings is 1. The van der Waals surface area contributed by atoms with Gasteiger partial charge in [-0.2, -0.15) is 0 Å². The van der Waals surface area contributed by atoms with Crippen LogP contribution in [0.1, 0.15) is 28.8 Å². The zero-order valence-electron chi connectivity index (χ0n) is 14.6. The summed E-state index contributed by atoms with van der Waals surface area (Å²) in [6.07, 6.45) is 5.27. The highest BCUT2D eigenvalue weighted by Gasteiger charge is 2.24. The van der Waals surface area contributed by atoms with E-state index in [1.54, 1.807) is 12.4 Å². The maximum Gasteiger partial charge on any atom is 0.255 e. The van der Waals surface area contributed by atoms with Gasteiger partial charge in [-0.1, -0.05) is 18.2 Å². The van der Waals surface area contributed by atoms with Crippen LogP contribution in [0.15, 0.2) is 48.8 Å². The molecule has 1 fully saturated rings. The number of ether oxygens (including phenoxy) is 2. The molecule has 2 heterocycles. The molecule has 0 aliphatic carbocycles. The Morgan fingerprint density at radius 3 is 2.64 bits per heavy atom. The summed E-state index contributed by atoms with van der Waals surface area (Å²) in [6, 6.07) is 11.6. The van der Waals surface area contributed by atoms with E-state index in [0.717, 1.165) is 37.2 Å². The van der Waals surface area contributed by atoms with Gasteiger partial charge in [0.15, 0.2) is 0 Å². The van der Waals surface area contributed by atoms with Crippen LogP contribution in [0.3, 0.4) is 0 Å². The number of rotatable bonds is 6. The molecule has 5 nitrogen and oxygen atoms in total. The summed E-state index contributed by atoms with van der Waals surface area (Å²) >= 11 is 0. The number of aromatic nitrogens is 1. The van der Waals surface area contributed by atoms with Gasteiger partial charge in [0.25, 0.3) is 5.91 Å². The maximum atomic E-state index is 12.6. The normalized spacial score (nSPS) is 15.2. The number of benzene rings is 1. The van der Waals surface area contributed by atoms with E-state index in [9.17, 15) is 4.79 Å². The summed E-state index contributed by atoms with van der Waals surface area (Å²) in [7, 11) is 0. The minimum atomic E-state index is 0.0662. The monoisotopic (exact) mass is 340 g/mol. The second-order valence-electron chi connectivity index (χ2n) is 6.21. The van der Waals surface area contributed by atoms with Crippen molar-refractivity contribution in [2.45, 2.75) is 25.9 Å². The molecule has 0 saturated carbocycles. The number of carbonyl (C=O) groups excluding carboxylic acids is 1. The first-order valence-electron chi connectivity index (χ1n) is 8.73. The van der Waals surface area contributed by atoms with Crippen LogP contribution in [0, 0.1) is 6.92 Å². The average molecular weight is 340 g/mol. The van der Waals surface area contributed by atoms with Gasteiger partial charge in [0.1, 0.15) is 12.4 Å². The van der Waals surface area contributed by atoms with Crippen LogP contribution in [0.4, 0.5) is 0 Å². The predicted octanol–water partition coefficient (Wildman–Crippen LogP) is 3.09. The lowest BCUT2D eigenvalue weighted by atomic mass is 10.1. The van der Waals surface area contributed by atoms with Crippen LogP contribution in [0.2, 0.25) is 0 Å². The quantitative estimate of drug-likeness (QED) is 0.758. The predicted molar refractivity (Wildman–Crippen MR) is 95.8 cm³/mol. The van der Waals surface area contributed by atoms with E-state index in [0.29, 0.717) is 18.8 Å². The van der Waals surface area contributed by atoms with Crippen molar-refractivity contribution >= 4 is 5.91 Å². The van der Waals surface area contributed by atoms with E-state index in [2.05, 4.69) is 4.98 Å². The summed E-state index contributed by atoms with van der Waals surface area (Å²) < 4.78 is 11.5. The Labute approximate surface area is 148 Å². The Morgan fingerprint density at radius 2 is 1.92 bits per heavy atom. The Kier molecular flexibility index (Phi) is 6.01. The van der Waals surface area contributed by atoms with E-state index in [1.165, 1.54) is 0 Å². The number of hydrogen-bond acceptors (Lipinski definition) is 4. The summed E-state index contributed by atoms with van der Waals surface area (Å²) in [5.41, 5.74) is 1.66. The van der Waals surface area contributed by atoms with Gasteiger partial charge in [-0.25, -0.2) is 0 Å². The number of carbonyl (C=O) groups is 1. The molecule has 0 atom stereocenters. The number of para-hydroxylation sites is 1. The first-order valence-corrected chi connectivity index (χ1v) is 8.73. The molecule has 0 bridgehead atoms. The molecular weight excluding hydrogens is 316 g/mol. The lowest BCUT2D eigenvalue weighted by Crippen LogP contribution is -2.41. The van der Waals surface area contributed by atoms with E-state index >= 15 is 0 Å². The first kappa shape index (κ1) is 17.4. The minimum absolute atomic E-state index is 0.0662. The molecule has 1 aromatic heterocycles. The molecule has 132 valence electrons. The van der Waals surface area contributed by atoms with Crippen molar-refractivity contribution in [2.75, 3.05) is 26.3 Å². The number of likely N-dealkylation sites (tertiary alicyclic amines) is 1. The van der Waals surface area contributed by atoms with E-state index in [1.807, 2.05) is 48.2 Å². The first-order chi connectivity index (χ1) is 12.2. The number of pyridine rings is 1. The van der Waals surface area contributed by atoms with Gasteiger partial charge in [-0.05, 0) is 43.5 Å². The summed E-state index contributed by atoms with van der Waals surface area (Å²) in [6.45, 7) is 4.49. The fourth-order valence-corrected chi connectivity index (χ4v) is 2.97. The van der Waals surface area contributed by atoms with Crippen molar-refractivity contribution in [3.63, 3.8) is 0 Å². The summed E-state index contributed by atoms with van der Waals surface area (Å²) in [5.74, 6) is 0.926. The number of nitrogens with zero attached hydrogens (tertiary/aromatic N) is 2. The summed E-state index contributed by atoms with van der Waals surface area (Å²) in [4.78, 5) is 18.5. The smallest absolute Gasteiger partial charge is 0.255 e. The van der Waals surface area contributed by atoms with Crippen LogP contribution in [-0.4, -0.2) is 48.2 Å². The fourth-order valence-electron chi connectivity index (χ4n) is 2.97. The zero-order chi connectivity index (χ0) is 17.5. The zero-order valence-corrected chi connectivity index (χ0v) is 14.6. The van der Waals surface area contributed by atoms with Crippen molar-refractivity contribution in [3.8, 4) is 5.75 Å². The molecule has 1 aliphatic rings. The third-order valence-corrected chi connectivity index (χ3v) is 4.45. The average Bonchev–Trinajstić information content (AvgIpc) is 2.66. The molecule has 3 rings (SSSR count). The highest BCUT2D eigenvalue weighted by atomic mass is 16.5. The van der Waals surface area contributed by atoms with Crippen LogP contribution in [0.25, 0.3) is 0 Å². The molecule has 1 saturated heterocycles. The number of amides is 1. The standard InChI is InChI=1S/C20H24N2O3/c1-16-7-10-21-15-19(16)20(23)22-11-8-18(9-12-22)25-14-13-24-17-5-3-2-4-6-17/h2-7,10,15,18H,8-9,11-14H2,1H3. The molecule has 25 heavy (non-hydrogen) atoms. The van der Waals surface area contributed by atoms with Gasteiger partial charge in [0.2, 0.25) is 0 Å². The Hall–Kier alpha value is -2.40. The molecule has 0 spiro atoms. The van der Waals surface area contributed by atoms with Crippen LogP contribution in [-0.2, 0) is 4.74 Å². The number of hydrogen-bond donors (Lipinski definition) is 0. The van der Waals surface area contributed by atoms with E-state index in [-0.39, 0.29) is 12.0 Å². The maximum absolute atomic E-state index is 12.6. The molecule has 0 unspecified atom stereocenters. The lowest BCUT2D eigenvalue weighted by molar-refractivity contribution is -0.00240. The third-order valence-electron chi connectivity index (χ3n) is 4.45. The van der Waals surface area contributed by atoms with Crippen LogP contribution >= 0.6 is 0 Å². The van der Waals surface area contributed by atoms with Gasteiger partial charge in [0.05, 0.1) is 18.3 Å². The molecular formula is C20H24N2O3. The van der Waals surface area contributed by atoms with E-state index < -0.39 is 0 Å². The third kappa shape index (κ3) is 4.79. The molecule has 1 aromatic carbocycles. The topological polar surface area (TPSA) is 51.7 Å². The van der Waals surface area contributed by atoms with Crippen molar-refractivity contribution in [1.82, 2.24) is 9.88 Å². The van der Waals surface area contributed by atoms with Gasteiger partial charge in [-0.15, -0.1) is 0 Å². The van der Waals surface area contributed by atoms with Gasteiger partial charge < -0.3 is 14.4 Å². The second-order valence-corrected chi connectivity index (χ2v) is 6.21. The van der Waals surface area contributed by atoms with Crippen LogP contribution < -0.4 is 4.74 Å². The Balaban J connectivity index is 1.38. The molecule has 0 radical (unpaired) electrons. The largest absolute Gasteiger partial charge is 0.491 e. The molecule has 5 heteroatoms. The van der Waals surface area contributed by atoms with E-state index in [4.69, 9.17) is 9.47 Å². The van der Waals surface area contributed by atoms with Crippen molar-refractivity contribution in [2.24, 2.45) is 0 Å². The van der Waals surface area contributed by atoms with Crippen molar-refractivity contribution in [3.05, 3.63) is 59.9 Å². The SMILES string of the molecule is Cc1ccncc1C(=O)N1CCC(OCCOc2ccccc2)CC1. The highest BCUT2D eigenvalue weighted by Crippen LogP contribution is 2.17. The molecule has 1 aliphatic heterocycles. The summed E-state index contributed by atoms with van der Waals surface area (Å²) in [5, 5.41) is 0. The second kappa shape index (κ2) is 8.62. The Morgan fingerprint density at radius 1 is 1.16 bits per heavy atom. The van der Waals surface area contributed by atoms with Gasteiger partial charge in [0, 0.05) is 25.5 Å². The minimum Gasteiger partial charge on any atom is -0.491 e. The number of aryl methyl sites for hydroxylation is 1. The van der Waals surface area contributed by atoms with Gasteiger partial charge in [-0.3, -0.25) is 9.78 Å². The molecule has 1 amide bonds.